The van der Waals surface area contributed by atoms with Gasteiger partial charge < -0.3 is 20.1 Å². The molecule has 2 fully saturated rings. The van der Waals surface area contributed by atoms with E-state index in [4.69, 9.17) is 4.74 Å². The lowest BCUT2D eigenvalue weighted by Crippen LogP contribution is -2.89. The minimum absolute atomic E-state index is 0.0952. The molecule has 0 amide bonds. The predicted molar refractivity (Wildman–Crippen MR) is 98.3 cm³/mol. The molecule has 4 rings (SSSR count). The number of quaternary nitrogens is 1. The number of piperazine rings is 1. The number of phenols is 1. The molecule has 1 aromatic carbocycles. The number of aromatic nitrogens is 2. The van der Waals surface area contributed by atoms with Crippen LogP contribution in [0.3, 0.4) is 0 Å². The molecule has 1 saturated heterocycles. The number of benzene rings is 1. The monoisotopic (exact) mass is 357 g/mol. The molecule has 1 aromatic heterocycles. The van der Waals surface area contributed by atoms with Crippen LogP contribution in [-0.2, 0) is 0 Å². The average molecular weight is 357 g/mol. The predicted octanol–water partition coefficient (Wildman–Crippen LogP) is 0.643. The molecule has 2 heterocycles. The van der Waals surface area contributed by atoms with Gasteiger partial charge in [0.2, 0.25) is 5.75 Å². The summed E-state index contributed by atoms with van der Waals surface area (Å²) in [7, 11) is 0. The number of hydrogen-bond acceptors (Lipinski definition) is 5. The van der Waals surface area contributed by atoms with Gasteiger partial charge in [0, 0.05) is 6.07 Å². The quantitative estimate of drug-likeness (QED) is 0.839. The number of hydrogen-bond donors (Lipinski definition) is 2. The van der Waals surface area contributed by atoms with Crippen LogP contribution in [0.1, 0.15) is 25.7 Å². The Morgan fingerprint density at radius 3 is 2.69 bits per heavy atom. The summed E-state index contributed by atoms with van der Waals surface area (Å²) in [4.78, 5) is 15.4. The molecular formula is C19H25N4O3+. The lowest BCUT2D eigenvalue weighted by Gasteiger charge is -2.29. The molecule has 1 aliphatic carbocycles. The smallest absolute Gasteiger partial charge is 0.316 e. The number of nitrogens with zero attached hydrogens (tertiary/aromatic N) is 3. The summed E-state index contributed by atoms with van der Waals surface area (Å²) in [5.74, 6) is 0.488. The van der Waals surface area contributed by atoms with Crippen molar-refractivity contribution in [2.24, 2.45) is 0 Å². The van der Waals surface area contributed by atoms with E-state index in [2.05, 4.69) is 15.3 Å². The summed E-state index contributed by atoms with van der Waals surface area (Å²) >= 11 is 0. The largest absolute Gasteiger partial charge is 0.508 e. The maximum Gasteiger partial charge on any atom is 0.316 e. The number of aromatic hydroxyl groups is 1. The fraction of sp³-hybridized carbons (Fsp3) is 0.474. The topological polar surface area (TPSA) is 84.2 Å². The van der Waals surface area contributed by atoms with Crippen molar-refractivity contribution in [2.75, 3.05) is 31.1 Å². The lowest BCUT2D eigenvalue weighted by molar-refractivity contribution is -0.655. The summed E-state index contributed by atoms with van der Waals surface area (Å²) in [6.45, 7) is 3.74. The Morgan fingerprint density at radius 1 is 1.19 bits per heavy atom. The van der Waals surface area contributed by atoms with E-state index in [9.17, 15) is 9.90 Å². The molecule has 0 unspecified atom stereocenters. The van der Waals surface area contributed by atoms with Crippen LogP contribution >= 0.6 is 0 Å². The van der Waals surface area contributed by atoms with Gasteiger partial charge in [-0.05, 0) is 37.8 Å². The van der Waals surface area contributed by atoms with Crippen molar-refractivity contribution in [1.29, 1.82) is 0 Å². The molecular weight excluding hydrogens is 332 g/mol. The Balaban J connectivity index is 1.76. The van der Waals surface area contributed by atoms with Crippen LogP contribution in [0, 0.1) is 0 Å². The van der Waals surface area contributed by atoms with Crippen molar-refractivity contribution in [1.82, 2.24) is 9.78 Å². The maximum atomic E-state index is 13.2. The van der Waals surface area contributed by atoms with Gasteiger partial charge in [0.25, 0.3) is 0 Å². The second kappa shape index (κ2) is 7.37. The van der Waals surface area contributed by atoms with Crippen LogP contribution in [0.5, 0.6) is 11.5 Å². The normalized spacial score (nSPS) is 18.2. The van der Waals surface area contributed by atoms with E-state index in [1.54, 1.807) is 24.4 Å². The molecule has 0 bridgehead atoms. The molecule has 26 heavy (non-hydrogen) atoms. The highest BCUT2D eigenvalue weighted by Gasteiger charge is 2.25. The standard InChI is InChI=1S/C19H24N4O3/c24-15-5-3-4-14(12-15)23-19(25)18(26-16-6-1-2-7-16)17(13-21-23)22-10-8-20-9-11-22/h3-5,12-13,16,20,24H,1-2,6-11H2/p+1. The first kappa shape index (κ1) is 16.9. The fourth-order valence-electron chi connectivity index (χ4n) is 3.74. The lowest BCUT2D eigenvalue weighted by atomic mass is 10.2. The van der Waals surface area contributed by atoms with Gasteiger partial charge in [0.15, 0.2) is 0 Å². The van der Waals surface area contributed by atoms with E-state index in [-0.39, 0.29) is 17.4 Å². The number of phenolic OH excluding ortho intramolecular Hbond substituents is 1. The minimum atomic E-state index is -0.269. The zero-order valence-corrected chi connectivity index (χ0v) is 14.8. The summed E-state index contributed by atoms with van der Waals surface area (Å²) in [5.41, 5.74) is 1.05. The van der Waals surface area contributed by atoms with Gasteiger partial charge >= 0.3 is 5.56 Å². The summed E-state index contributed by atoms with van der Waals surface area (Å²) in [6.07, 6.45) is 6.08. The van der Waals surface area contributed by atoms with Crippen LogP contribution in [0.2, 0.25) is 0 Å². The fourth-order valence-corrected chi connectivity index (χ4v) is 3.74. The average Bonchev–Trinajstić information content (AvgIpc) is 3.17. The van der Waals surface area contributed by atoms with Gasteiger partial charge in [0.1, 0.15) is 11.4 Å². The third-order valence-corrected chi connectivity index (χ3v) is 5.12. The highest BCUT2D eigenvalue weighted by atomic mass is 16.5. The molecule has 0 radical (unpaired) electrons. The molecule has 138 valence electrons. The molecule has 0 spiro atoms. The first-order chi connectivity index (χ1) is 12.7. The van der Waals surface area contributed by atoms with Crippen molar-refractivity contribution in [3.05, 3.63) is 40.8 Å². The van der Waals surface area contributed by atoms with Crippen LogP contribution in [0.25, 0.3) is 5.69 Å². The zero-order chi connectivity index (χ0) is 17.9. The van der Waals surface area contributed by atoms with Crippen molar-refractivity contribution < 1.29 is 15.2 Å². The van der Waals surface area contributed by atoms with Gasteiger partial charge in [-0.25, -0.2) is 0 Å². The van der Waals surface area contributed by atoms with Gasteiger partial charge in [-0.2, -0.15) is 9.78 Å². The highest BCUT2D eigenvalue weighted by Crippen LogP contribution is 2.29. The van der Waals surface area contributed by atoms with Gasteiger partial charge in [-0.1, -0.05) is 6.07 Å². The molecule has 0 atom stereocenters. The summed E-state index contributed by atoms with van der Waals surface area (Å²) in [6, 6.07) is 6.56. The van der Waals surface area contributed by atoms with E-state index in [0.29, 0.717) is 11.4 Å². The molecule has 2 aliphatic rings. The van der Waals surface area contributed by atoms with Crippen molar-refractivity contribution in [3.63, 3.8) is 0 Å². The van der Waals surface area contributed by atoms with Crippen molar-refractivity contribution >= 4 is 5.69 Å². The molecule has 3 N–H and O–H groups in total. The first-order valence-electron chi connectivity index (χ1n) is 9.37. The molecule has 2 aromatic rings. The summed E-state index contributed by atoms with van der Waals surface area (Å²) in [5, 5.41) is 16.4. The highest BCUT2D eigenvalue weighted by molar-refractivity contribution is 5.57. The Kier molecular flexibility index (Phi) is 4.79. The van der Waals surface area contributed by atoms with Crippen LogP contribution in [-0.4, -0.2) is 47.2 Å². The Labute approximate surface area is 152 Å². The van der Waals surface area contributed by atoms with Crippen molar-refractivity contribution in [2.45, 2.75) is 31.8 Å². The second-order valence-electron chi connectivity index (χ2n) is 6.97. The van der Waals surface area contributed by atoms with Crippen LogP contribution in [0.4, 0.5) is 5.69 Å². The zero-order valence-electron chi connectivity index (χ0n) is 14.8. The molecule has 7 nitrogen and oxygen atoms in total. The Bertz CT molecular complexity index is 824. The molecule has 1 saturated carbocycles. The second-order valence-corrected chi connectivity index (χ2v) is 6.97. The Morgan fingerprint density at radius 2 is 1.96 bits per heavy atom. The SMILES string of the molecule is O=c1c(OC2CCCC2)c(N2CC[NH2+]CC2)cnn1-c1cccc(O)c1. The number of ether oxygens (including phenoxy) is 1. The number of rotatable bonds is 4. The number of anilines is 1. The van der Waals surface area contributed by atoms with Gasteiger partial charge in [-0.15, -0.1) is 0 Å². The van der Waals surface area contributed by atoms with E-state index in [1.165, 1.54) is 10.7 Å². The van der Waals surface area contributed by atoms with E-state index in [0.717, 1.165) is 57.5 Å². The molecule has 7 heteroatoms. The van der Waals surface area contributed by atoms with E-state index < -0.39 is 0 Å². The van der Waals surface area contributed by atoms with E-state index >= 15 is 0 Å². The molecule has 1 aliphatic heterocycles. The Hall–Kier alpha value is -2.54. The van der Waals surface area contributed by atoms with Gasteiger partial charge in [0.05, 0.1) is 44.2 Å². The van der Waals surface area contributed by atoms with Crippen LogP contribution < -0.4 is 20.5 Å². The van der Waals surface area contributed by atoms with Gasteiger partial charge in [-0.3, -0.25) is 4.79 Å². The van der Waals surface area contributed by atoms with Crippen molar-refractivity contribution in [3.8, 4) is 17.2 Å². The third kappa shape index (κ3) is 3.39. The van der Waals surface area contributed by atoms with Crippen LogP contribution in [0.15, 0.2) is 35.3 Å². The maximum absolute atomic E-state index is 13.2. The minimum Gasteiger partial charge on any atom is -0.508 e. The van der Waals surface area contributed by atoms with E-state index in [1.807, 2.05) is 0 Å². The number of nitrogens with two attached hydrogens (primary N) is 1. The first-order valence-corrected chi connectivity index (χ1v) is 9.37. The third-order valence-electron chi connectivity index (χ3n) is 5.12. The summed E-state index contributed by atoms with van der Waals surface area (Å²) < 4.78 is 7.50.